The normalized spacial score (nSPS) is 12.2. The average Bonchev–Trinajstić information content (AvgIpc) is 3.60. The fourth-order valence-electron chi connectivity index (χ4n) is 5.25. The number of pyridine rings is 1. The van der Waals surface area contributed by atoms with E-state index in [2.05, 4.69) is 15.8 Å². The molecule has 49 heavy (non-hydrogen) atoms. The highest BCUT2D eigenvalue weighted by atomic mass is 19.1. The molecule has 11 nitrogen and oxygen atoms in total. The van der Waals surface area contributed by atoms with Crippen molar-refractivity contribution in [2.45, 2.75) is 78.7 Å². The van der Waals surface area contributed by atoms with Crippen LogP contribution in [-0.2, 0) is 15.6 Å². The molecule has 3 aromatic heterocycles. The van der Waals surface area contributed by atoms with Crippen molar-refractivity contribution in [1.82, 2.24) is 14.7 Å². The summed E-state index contributed by atoms with van der Waals surface area (Å²) in [4.78, 5) is 46.4. The van der Waals surface area contributed by atoms with Crippen LogP contribution in [-0.4, -0.2) is 38.1 Å². The van der Waals surface area contributed by atoms with Crippen LogP contribution >= 0.6 is 0 Å². The second kappa shape index (κ2) is 12.5. The van der Waals surface area contributed by atoms with Gasteiger partial charge in [0, 0.05) is 33.5 Å². The Morgan fingerprint density at radius 1 is 0.878 bits per heavy atom. The number of carbonyl (C=O) groups excluding carboxylic acids is 3. The van der Waals surface area contributed by atoms with Crippen molar-refractivity contribution in [3.05, 3.63) is 94.6 Å². The number of nitrogens with one attached hydrogen (secondary N) is 2. The largest absolute Gasteiger partial charge is 0.443 e. The molecule has 5 aromatic rings. The Hall–Kier alpha value is -5.52. The Morgan fingerprint density at radius 3 is 2.18 bits per heavy atom. The molecule has 2 aromatic carbocycles. The molecule has 0 fully saturated rings. The molecule has 0 aliphatic rings. The molecule has 12 heteroatoms. The number of hydrogen-bond donors (Lipinski definition) is 3. The predicted molar refractivity (Wildman–Crippen MR) is 187 cm³/mol. The highest BCUT2D eigenvalue weighted by Gasteiger charge is 2.36. The zero-order chi connectivity index (χ0) is 36.1. The molecule has 0 radical (unpaired) electrons. The van der Waals surface area contributed by atoms with Crippen LogP contribution in [0.4, 0.5) is 32.2 Å². The van der Waals surface area contributed by atoms with Gasteiger partial charge in [-0.1, -0.05) is 58.8 Å². The number of anilines is 4. The van der Waals surface area contributed by atoms with Crippen LogP contribution in [0.5, 0.6) is 0 Å². The Balaban J connectivity index is 1.65. The number of halogens is 1. The molecule has 0 bridgehead atoms. The number of hydrogen-bond acceptors (Lipinski definition) is 9. The van der Waals surface area contributed by atoms with Crippen molar-refractivity contribution >= 4 is 51.8 Å². The first-order chi connectivity index (χ1) is 22.7. The number of benzene rings is 2. The SMILES string of the molecule is CC(C)(C)OC(=O)n1c(C(C)(C)C)c(C(=O)c2cc(C(=O)Nc3cc(C(C)(C)C)on3)ccc2F)c2ccc(Nc3ccccc3N)nc21. The van der Waals surface area contributed by atoms with Crippen molar-refractivity contribution in [3.8, 4) is 0 Å². The summed E-state index contributed by atoms with van der Waals surface area (Å²) in [5.74, 6) is -1.12. The van der Waals surface area contributed by atoms with Crippen LogP contribution in [0.1, 0.15) is 100 Å². The van der Waals surface area contributed by atoms with E-state index in [9.17, 15) is 14.4 Å². The Kier molecular flexibility index (Phi) is 8.88. The lowest BCUT2D eigenvalue weighted by atomic mass is 9.86. The molecule has 0 unspecified atom stereocenters. The van der Waals surface area contributed by atoms with Gasteiger partial charge in [-0.3, -0.25) is 9.59 Å². The number of nitrogen functional groups attached to an aromatic ring is 1. The van der Waals surface area contributed by atoms with Gasteiger partial charge in [-0.25, -0.2) is 18.7 Å². The van der Waals surface area contributed by atoms with Gasteiger partial charge < -0.3 is 25.6 Å². The standard InChI is InChI=1S/C37H41FN6O5/c1-35(2,3)26-19-28(43-49-26)42-33(46)20-14-16-23(38)22(18-20)30(45)29-21-15-17-27(40-25-13-11-10-12-24(25)39)41-32(21)44(31(29)36(4,5)6)34(47)48-37(7,8)9/h10-19H,39H2,1-9H3,(H,40,41)(H,42,43,46). The molecule has 5 rings (SSSR count). The average molecular weight is 669 g/mol. The van der Waals surface area contributed by atoms with E-state index < -0.39 is 34.6 Å². The van der Waals surface area contributed by atoms with E-state index in [1.54, 1.807) is 57.2 Å². The third-order valence-corrected chi connectivity index (χ3v) is 7.52. The molecule has 256 valence electrons. The van der Waals surface area contributed by atoms with E-state index in [4.69, 9.17) is 20.0 Å². The maximum atomic E-state index is 15.6. The second-order valence-electron chi connectivity index (χ2n) is 14.9. The number of aromatic nitrogens is 3. The van der Waals surface area contributed by atoms with Gasteiger partial charge in [0.1, 0.15) is 23.0 Å². The lowest BCUT2D eigenvalue weighted by Gasteiger charge is -2.25. The van der Waals surface area contributed by atoms with E-state index in [0.29, 0.717) is 28.3 Å². The minimum atomic E-state index is -0.882. The maximum absolute atomic E-state index is 15.6. The van der Waals surface area contributed by atoms with Gasteiger partial charge in [0.15, 0.2) is 17.2 Å². The van der Waals surface area contributed by atoms with Gasteiger partial charge in [-0.2, -0.15) is 0 Å². The van der Waals surface area contributed by atoms with Crippen LogP contribution in [0.15, 0.2) is 65.2 Å². The topological polar surface area (TPSA) is 154 Å². The Morgan fingerprint density at radius 2 is 1.57 bits per heavy atom. The smallest absolute Gasteiger partial charge is 0.420 e. The molecular formula is C37H41FN6O5. The number of carbonyl (C=O) groups is 3. The van der Waals surface area contributed by atoms with E-state index in [0.717, 1.165) is 6.07 Å². The van der Waals surface area contributed by atoms with Crippen LogP contribution in [0.25, 0.3) is 11.0 Å². The fourth-order valence-corrected chi connectivity index (χ4v) is 5.25. The van der Waals surface area contributed by atoms with Gasteiger partial charge in [-0.05, 0) is 63.2 Å². The molecule has 0 saturated heterocycles. The Labute approximate surface area is 284 Å². The summed E-state index contributed by atoms with van der Waals surface area (Å²) in [5, 5.41) is 10.0. The van der Waals surface area contributed by atoms with Crippen molar-refractivity contribution in [2.24, 2.45) is 0 Å². The predicted octanol–water partition coefficient (Wildman–Crippen LogP) is 8.35. The fraction of sp³-hybridized carbons (Fsp3) is 0.324. The molecule has 4 N–H and O–H groups in total. The molecule has 0 spiro atoms. The first-order valence-electron chi connectivity index (χ1n) is 15.8. The summed E-state index contributed by atoms with van der Waals surface area (Å²) in [6.07, 6.45) is -0.763. The van der Waals surface area contributed by atoms with Crippen LogP contribution in [0.2, 0.25) is 0 Å². The van der Waals surface area contributed by atoms with Gasteiger partial charge in [0.2, 0.25) is 0 Å². The monoisotopic (exact) mass is 668 g/mol. The number of ketones is 1. The zero-order valence-electron chi connectivity index (χ0n) is 29.1. The van der Waals surface area contributed by atoms with E-state index >= 15 is 4.39 Å². The summed E-state index contributed by atoms with van der Waals surface area (Å²) in [6, 6.07) is 15.5. The number of nitrogens with zero attached hydrogens (tertiary/aromatic N) is 3. The first-order valence-corrected chi connectivity index (χ1v) is 15.8. The van der Waals surface area contributed by atoms with Crippen molar-refractivity contribution in [2.75, 3.05) is 16.4 Å². The number of amides is 1. The number of para-hydroxylation sites is 2. The second-order valence-corrected chi connectivity index (χ2v) is 14.9. The first kappa shape index (κ1) is 34.8. The van der Waals surface area contributed by atoms with Gasteiger partial charge in [-0.15, -0.1) is 0 Å². The third kappa shape index (κ3) is 7.33. The molecule has 0 aliphatic heterocycles. The summed E-state index contributed by atoms with van der Waals surface area (Å²) in [7, 11) is 0. The van der Waals surface area contributed by atoms with Gasteiger partial charge in [0.05, 0.1) is 22.5 Å². The zero-order valence-corrected chi connectivity index (χ0v) is 29.1. The molecular weight excluding hydrogens is 627 g/mol. The quantitative estimate of drug-likeness (QED) is 0.120. The van der Waals surface area contributed by atoms with Gasteiger partial charge >= 0.3 is 6.09 Å². The molecule has 3 heterocycles. The van der Waals surface area contributed by atoms with Crippen molar-refractivity contribution < 1.29 is 28.0 Å². The van der Waals surface area contributed by atoms with Crippen LogP contribution in [0.3, 0.4) is 0 Å². The lowest BCUT2D eigenvalue weighted by Crippen LogP contribution is -2.31. The van der Waals surface area contributed by atoms with E-state index in [1.807, 2.05) is 47.6 Å². The Bertz CT molecular complexity index is 2090. The summed E-state index contributed by atoms with van der Waals surface area (Å²) >= 11 is 0. The number of nitrogens with two attached hydrogens (primary N) is 1. The number of rotatable bonds is 6. The molecule has 0 aliphatic carbocycles. The van der Waals surface area contributed by atoms with Crippen LogP contribution < -0.4 is 16.4 Å². The maximum Gasteiger partial charge on any atom is 0.420 e. The number of ether oxygens (including phenoxy) is 1. The van der Waals surface area contributed by atoms with E-state index in [-0.39, 0.29) is 39.3 Å². The molecule has 0 saturated carbocycles. The van der Waals surface area contributed by atoms with Crippen LogP contribution in [0, 0.1) is 5.82 Å². The third-order valence-electron chi connectivity index (χ3n) is 7.52. The molecule has 1 amide bonds. The highest BCUT2D eigenvalue weighted by molar-refractivity contribution is 6.19. The summed E-state index contributed by atoms with van der Waals surface area (Å²) in [6.45, 7) is 16.5. The number of fused-ring (bicyclic) bond motifs is 1. The minimum absolute atomic E-state index is 0.0170. The van der Waals surface area contributed by atoms with Gasteiger partial charge in [0.25, 0.3) is 5.91 Å². The highest BCUT2D eigenvalue weighted by Crippen LogP contribution is 2.38. The lowest BCUT2D eigenvalue weighted by molar-refractivity contribution is 0.0534. The van der Waals surface area contributed by atoms with Crippen molar-refractivity contribution in [3.63, 3.8) is 0 Å². The molecule has 0 atom stereocenters. The minimum Gasteiger partial charge on any atom is -0.443 e. The van der Waals surface area contributed by atoms with Crippen molar-refractivity contribution in [1.29, 1.82) is 0 Å². The summed E-state index contributed by atoms with van der Waals surface area (Å²) < 4.78 is 28.0. The van der Waals surface area contributed by atoms with E-state index in [1.165, 1.54) is 16.7 Å². The summed E-state index contributed by atoms with van der Waals surface area (Å²) in [5.41, 5.74) is 5.24.